The van der Waals surface area contributed by atoms with Crippen molar-refractivity contribution in [3.05, 3.63) is 51.9 Å². The number of para-hydroxylation sites is 1. The Morgan fingerprint density at radius 2 is 2.00 bits per heavy atom. The van der Waals surface area contributed by atoms with E-state index in [4.69, 9.17) is 5.11 Å². The molecule has 0 amide bonds. The molecule has 2 N–H and O–H groups in total. The summed E-state index contributed by atoms with van der Waals surface area (Å²) < 4.78 is 1.18. The van der Waals surface area contributed by atoms with Crippen LogP contribution in [0.25, 0.3) is 0 Å². The Bertz CT molecular complexity index is 471. The van der Waals surface area contributed by atoms with Gasteiger partial charge in [0.05, 0.1) is 18.4 Å². The first-order valence-corrected chi connectivity index (χ1v) is 5.96. The number of aromatic hydroxyl groups is 1. The molecule has 1 heterocycles. The zero-order chi connectivity index (χ0) is 11.4. The highest BCUT2D eigenvalue weighted by Gasteiger charge is 1.98. The van der Waals surface area contributed by atoms with E-state index in [1.54, 1.807) is 12.1 Å². The second-order valence-electron chi connectivity index (χ2n) is 3.34. The average Bonchev–Trinajstić information content (AvgIpc) is 2.30. The van der Waals surface area contributed by atoms with Crippen LogP contribution in [0, 0.1) is 3.57 Å². The molecule has 16 heavy (non-hydrogen) atoms. The molecule has 0 saturated heterocycles. The molecule has 1 aromatic carbocycles. The van der Waals surface area contributed by atoms with Gasteiger partial charge in [-0.3, -0.25) is 4.98 Å². The second kappa shape index (κ2) is 5.16. The topological polar surface area (TPSA) is 45.1 Å². The summed E-state index contributed by atoms with van der Waals surface area (Å²) in [6, 6.07) is 11.5. The van der Waals surface area contributed by atoms with Gasteiger partial charge in [-0.15, -0.1) is 0 Å². The number of anilines is 1. The lowest BCUT2D eigenvalue weighted by molar-refractivity contribution is 0.472. The van der Waals surface area contributed by atoms with E-state index in [0.29, 0.717) is 6.54 Å². The summed E-state index contributed by atoms with van der Waals surface area (Å²) in [4.78, 5) is 4.11. The lowest BCUT2D eigenvalue weighted by Gasteiger charge is -2.07. The molecule has 0 aliphatic heterocycles. The van der Waals surface area contributed by atoms with Crippen molar-refractivity contribution in [3.63, 3.8) is 0 Å². The largest absolute Gasteiger partial charge is 0.506 e. The van der Waals surface area contributed by atoms with Gasteiger partial charge in [-0.05, 0) is 46.9 Å². The van der Waals surface area contributed by atoms with E-state index in [9.17, 15) is 0 Å². The lowest BCUT2D eigenvalue weighted by atomic mass is 10.3. The van der Waals surface area contributed by atoms with Gasteiger partial charge in [0.15, 0.2) is 0 Å². The first kappa shape index (κ1) is 11.2. The zero-order valence-corrected chi connectivity index (χ0v) is 10.7. The van der Waals surface area contributed by atoms with Crippen LogP contribution < -0.4 is 5.32 Å². The molecule has 2 aromatic rings. The van der Waals surface area contributed by atoms with Crippen LogP contribution in [-0.4, -0.2) is 10.1 Å². The van der Waals surface area contributed by atoms with E-state index in [1.165, 1.54) is 9.77 Å². The minimum Gasteiger partial charge on any atom is -0.506 e. The molecule has 0 atom stereocenters. The van der Waals surface area contributed by atoms with E-state index < -0.39 is 0 Å². The van der Waals surface area contributed by atoms with E-state index in [-0.39, 0.29) is 5.75 Å². The van der Waals surface area contributed by atoms with Crippen molar-refractivity contribution in [2.45, 2.75) is 6.54 Å². The number of nitrogens with one attached hydrogen (secondary N) is 1. The Morgan fingerprint density at radius 3 is 2.69 bits per heavy atom. The van der Waals surface area contributed by atoms with Gasteiger partial charge in [0.1, 0.15) is 5.75 Å². The van der Waals surface area contributed by atoms with Gasteiger partial charge in [-0.2, -0.15) is 0 Å². The van der Waals surface area contributed by atoms with Gasteiger partial charge < -0.3 is 10.4 Å². The van der Waals surface area contributed by atoms with Crippen molar-refractivity contribution >= 4 is 28.3 Å². The molecule has 0 fully saturated rings. The summed E-state index contributed by atoms with van der Waals surface area (Å²) in [6.45, 7) is 0.653. The summed E-state index contributed by atoms with van der Waals surface area (Å²) in [5.74, 6) is 0.193. The van der Waals surface area contributed by atoms with Crippen molar-refractivity contribution in [1.82, 2.24) is 4.98 Å². The fourth-order valence-electron chi connectivity index (χ4n) is 1.31. The third kappa shape index (κ3) is 2.85. The maximum absolute atomic E-state index is 9.10. The Labute approximate surface area is 108 Å². The highest BCUT2D eigenvalue weighted by atomic mass is 127. The van der Waals surface area contributed by atoms with Crippen LogP contribution in [0.5, 0.6) is 5.75 Å². The standard InChI is InChI=1S/C12H11IN2O/c13-11-3-1-2-4-12(11)15-7-9-5-6-10(16)8-14-9/h1-6,8,15-16H,7H2. The summed E-state index contributed by atoms with van der Waals surface area (Å²) in [6.07, 6.45) is 1.45. The Balaban J connectivity index is 2.02. The Morgan fingerprint density at radius 1 is 1.19 bits per heavy atom. The summed E-state index contributed by atoms with van der Waals surface area (Å²) in [7, 11) is 0. The molecule has 0 aliphatic rings. The van der Waals surface area contributed by atoms with Crippen LogP contribution in [-0.2, 0) is 6.54 Å². The first-order chi connectivity index (χ1) is 7.75. The smallest absolute Gasteiger partial charge is 0.133 e. The van der Waals surface area contributed by atoms with Crippen LogP contribution >= 0.6 is 22.6 Å². The second-order valence-corrected chi connectivity index (χ2v) is 4.50. The van der Waals surface area contributed by atoms with Crippen molar-refractivity contribution in [1.29, 1.82) is 0 Å². The number of hydrogen-bond acceptors (Lipinski definition) is 3. The van der Waals surface area contributed by atoms with E-state index in [0.717, 1.165) is 11.4 Å². The van der Waals surface area contributed by atoms with Crippen molar-refractivity contribution < 1.29 is 5.11 Å². The monoisotopic (exact) mass is 326 g/mol. The summed E-state index contributed by atoms with van der Waals surface area (Å²) in [5.41, 5.74) is 2.00. The quantitative estimate of drug-likeness (QED) is 0.853. The molecule has 1 aromatic heterocycles. The van der Waals surface area contributed by atoms with Crippen LogP contribution in [0.4, 0.5) is 5.69 Å². The van der Waals surface area contributed by atoms with Crippen LogP contribution in [0.1, 0.15) is 5.69 Å². The molecule has 0 spiro atoms. The highest BCUT2D eigenvalue weighted by Crippen LogP contribution is 2.17. The third-order valence-electron chi connectivity index (χ3n) is 2.14. The number of nitrogens with zero attached hydrogens (tertiary/aromatic N) is 1. The fourth-order valence-corrected chi connectivity index (χ4v) is 1.89. The van der Waals surface area contributed by atoms with Crippen molar-refractivity contribution in [3.8, 4) is 5.75 Å². The molecule has 0 aliphatic carbocycles. The number of aromatic nitrogens is 1. The van der Waals surface area contributed by atoms with E-state index in [1.807, 2.05) is 24.3 Å². The SMILES string of the molecule is Oc1ccc(CNc2ccccc2I)nc1. The molecular formula is C12H11IN2O. The van der Waals surface area contributed by atoms with E-state index in [2.05, 4.69) is 32.9 Å². The van der Waals surface area contributed by atoms with Crippen molar-refractivity contribution in [2.75, 3.05) is 5.32 Å². The summed E-state index contributed by atoms with van der Waals surface area (Å²) >= 11 is 2.29. The van der Waals surface area contributed by atoms with Crippen molar-refractivity contribution in [2.24, 2.45) is 0 Å². The van der Waals surface area contributed by atoms with Crippen LogP contribution in [0.3, 0.4) is 0 Å². The molecule has 0 saturated carbocycles. The number of rotatable bonds is 3. The normalized spacial score (nSPS) is 10.1. The minimum atomic E-state index is 0.193. The first-order valence-electron chi connectivity index (χ1n) is 4.88. The molecule has 3 nitrogen and oxygen atoms in total. The molecule has 2 rings (SSSR count). The zero-order valence-electron chi connectivity index (χ0n) is 8.52. The fraction of sp³-hybridized carbons (Fsp3) is 0.0833. The highest BCUT2D eigenvalue weighted by molar-refractivity contribution is 14.1. The Kier molecular flexibility index (Phi) is 3.61. The predicted octanol–water partition coefficient (Wildman–Crippen LogP) is 3.00. The number of benzene rings is 1. The van der Waals surface area contributed by atoms with Gasteiger partial charge in [0, 0.05) is 9.26 Å². The minimum absolute atomic E-state index is 0.193. The van der Waals surface area contributed by atoms with Crippen LogP contribution in [0.15, 0.2) is 42.6 Å². The number of halogens is 1. The average molecular weight is 326 g/mol. The number of pyridine rings is 1. The maximum Gasteiger partial charge on any atom is 0.133 e. The molecule has 0 radical (unpaired) electrons. The molecular weight excluding hydrogens is 315 g/mol. The maximum atomic E-state index is 9.10. The van der Waals surface area contributed by atoms with E-state index >= 15 is 0 Å². The molecule has 82 valence electrons. The lowest BCUT2D eigenvalue weighted by Crippen LogP contribution is -2.02. The Hall–Kier alpha value is -1.30. The van der Waals surface area contributed by atoms with Gasteiger partial charge in [0.2, 0.25) is 0 Å². The molecule has 4 heteroatoms. The van der Waals surface area contributed by atoms with Gasteiger partial charge in [0.25, 0.3) is 0 Å². The molecule has 0 unspecified atom stereocenters. The van der Waals surface area contributed by atoms with Gasteiger partial charge >= 0.3 is 0 Å². The van der Waals surface area contributed by atoms with Crippen LogP contribution in [0.2, 0.25) is 0 Å². The van der Waals surface area contributed by atoms with Gasteiger partial charge in [-0.1, -0.05) is 12.1 Å². The predicted molar refractivity (Wildman–Crippen MR) is 72.4 cm³/mol. The number of hydrogen-bond donors (Lipinski definition) is 2. The third-order valence-corrected chi connectivity index (χ3v) is 3.08. The van der Waals surface area contributed by atoms with Gasteiger partial charge in [-0.25, -0.2) is 0 Å². The summed E-state index contributed by atoms with van der Waals surface area (Å²) in [5, 5.41) is 12.4. The molecule has 0 bridgehead atoms.